The molecule has 3 nitrogen and oxygen atoms in total. The summed E-state index contributed by atoms with van der Waals surface area (Å²) in [6.45, 7) is 5.37. The van der Waals surface area contributed by atoms with Crippen LogP contribution in [0.1, 0.15) is 45.1 Å². The highest BCUT2D eigenvalue weighted by atomic mass is 16.5. The van der Waals surface area contributed by atoms with Gasteiger partial charge in [0.1, 0.15) is 5.75 Å². The minimum atomic E-state index is 0.215. The smallest absolute Gasteiger partial charge is 0.213 e. The third-order valence-corrected chi connectivity index (χ3v) is 2.67. The maximum atomic E-state index is 7.65. The summed E-state index contributed by atoms with van der Waals surface area (Å²) in [5, 5.41) is 7.65. The molecular formula is C15H23NO2. The lowest BCUT2D eigenvalue weighted by Gasteiger charge is -2.08. The fourth-order valence-corrected chi connectivity index (χ4v) is 1.65. The van der Waals surface area contributed by atoms with Gasteiger partial charge in [-0.3, -0.25) is 5.41 Å². The van der Waals surface area contributed by atoms with Crippen LogP contribution in [0.15, 0.2) is 24.3 Å². The summed E-state index contributed by atoms with van der Waals surface area (Å²) in [5.41, 5.74) is 0.787. The molecule has 0 saturated heterocycles. The maximum Gasteiger partial charge on any atom is 0.213 e. The molecule has 0 aliphatic heterocycles. The minimum Gasteiger partial charge on any atom is -0.494 e. The Balaban J connectivity index is 2.33. The summed E-state index contributed by atoms with van der Waals surface area (Å²) in [7, 11) is 0. The summed E-state index contributed by atoms with van der Waals surface area (Å²) in [5.74, 6) is 1.08. The zero-order chi connectivity index (χ0) is 13.2. The lowest BCUT2D eigenvalue weighted by molar-refractivity contribution is 0.305. The van der Waals surface area contributed by atoms with E-state index in [1.165, 1.54) is 19.3 Å². The molecular weight excluding hydrogens is 226 g/mol. The predicted molar refractivity (Wildman–Crippen MR) is 74.5 cm³/mol. The molecule has 0 heterocycles. The SMILES string of the molecule is CCCCCCOc1ccc(C(=N)OCC)cc1. The van der Waals surface area contributed by atoms with E-state index in [4.69, 9.17) is 14.9 Å². The van der Waals surface area contributed by atoms with Crippen LogP contribution in [0.25, 0.3) is 0 Å². The molecule has 100 valence electrons. The second-order valence-electron chi connectivity index (χ2n) is 4.20. The highest BCUT2D eigenvalue weighted by Gasteiger charge is 2.01. The Morgan fingerprint density at radius 1 is 1.06 bits per heavy atom. The van der Waals surface area contributed by atoms with Gasteiger partial charge in [-0.25, -0.2) is 0 Å². The minimum absolute atomic E-state index is 0.215. The first-order valence-corrected chi connectivity index (χ1v) is 6.72. The van der Waals surface area contributed by atoms with E-state index in [0.717, 1.165) is 24.3 Å². The van der Waals surface area contributed by atoms with Gasteiger partial charge in [0.05, 0.1) is 13.2 Å². The largest absolute Gasteiger partial charge is 0.494 e. The Hall–Kier alpha value is -1.51. The molecule has 0 saturated carbocycles. The van der Waals surface area contributed by atoms with Crippen LogP contribution in [0.4, 0.5) is 0 Å². The lowest BCUT2D eigenvalue weighted by Crippen LogP contribution is -2.04. The summed E-state index contributed by atoms with van der Waals surface area (Å²) >= 11 is 0. The molecule has 1 aromatic carbocycles. The maximum absolute atomic E-state index is 7.65. The van der Waals surface area contributed by atoms with Gasteiger partial charge in [0.2, 0.25) is 5.90 Å². The number of unbranched alkanes of at least 4 members (excludes halogenated alkanes) is 3. The van der Waals surface area contributed by atoms with Crippen LogP contribution < -0.4 is 4.74 Å². The van der Waals surface area contributed by atoms with Gasteiger partial charge in [-0.05, 0) is 37.6 Å². The van der Waals surface area contributed by atoms with E-state index in [-0.39, 0.29) is 5.90 Å². The van der Waals surface area contributed by atoms with Gasteiger partial charge >= 0.3 is 0 Å². The number of rotatable bonds is 8. The molecule has 0 fully saturated rings. The van der Waals surface area contributed by atoms with Crippen molar-refractivity contribution in [2.75, 3.05) is 13.2 Å². The third kappa shape index (κ3) is 5.21. The van der Waals surface area contributed by atoms with Gasteiger partial charge in [0, 0.05) is 5.56 Å². The fourth-order valence-electron chi connectivity index (χ4n) is 1.65. The average Bonchev–Trinajstić information content (AvgIpc) is 2.39. The van der Waals surface area contributed by atoms with Crippen molar-refractivity contribution >= 4 is 5.90 Å². The van der Waals surface area contributed by atoms with E-state index in [9.17, 15) is 0 Å². The van der Waals surface area contributed by atoms with Gasteiger partial charge in [0.25, 0.3) is 0 Å². The molecule has 0 aromatic heterocycles. The topological polar surface area (TPSA) is 42.3 Å². The first kappa shape index (κ1) is 14.6. The summed E-state index contributed by atoms with van der Waals surface area (Å²) in [6, 6.07) is 7.50. The van der Waals surface area contributed by atoms with E-state index >= 15 is 0 Å². The Labute approximate surface area is 110 Å². The summed E-state index contributed by atoms with van der Waals surface area (Å²) < 4.78 is 10.8. The first-order chi connectivity index (χ1) is 8.77. The highest BCUT2D eigenvalue weighted by Crippen LogP contribution is 2.13. The monoisotopic (exact) mass is 249 g/mol. The van der Waals surface area contributed by atoms with E-state index in [1.54, 1.807) is 0 Å². The molecule has 0 atom stereocenters. The van der Waals surface area contributed by atoms with E-state index in [1.807, 2.05) is 31.2 Å². The molecule has 0 bridgehead atoms. The van der Waals surface area contributed by atoms with Crippen LogP contribution in [0.2, 0.25) is 0 Å². The summed E-state index contributed by atoms with van der Waals surface area (Å²) in [4.78, 5) is 0. The first-order valence-electron chi connectivity index (χ1n) is 6.72. The van der Waals surface area contributed by atoms with Gasteiger partial charge in [-0.15, -0.1) is 0 Å². The van der Waals surface area contributed by atoms with Gasteiger partial charge < -0.3 is 9.47 Å². The summed E-state index contributed by atoms with van der Waals surface area (Å²) in [6.07, 6.45) is 4.84. The van der Waals surface area contributed by atoms with E-state index < -0.39 is 0 Å². The van der Waals surface area contributed by atoms with Crippen molar-refractivity contribution in [1.82, 2.24) is 0 Å². The van der Waals surface area contributed by atoms with Crippen LogP contribution >= 0.6 is 0 Å². The third-order valence-electron chi connectivity index (χ3n) is 2.67. The zero-order valence-corrected chi connectivity index (χ0v) is 11.4. The van der Waals surface area contributed by atoms with Gasteiger partial charge in [-0.1, -0.05) is 26.2 Å². The normalized spacial score (nSPS) is 10.1. The molecule has 1 N–H and O–H groups in total. The molecule has 1 rings (SSSR count). The van der Waals surface area contributed by atoms with Crippen molar-refractivity contribution in [3.63, 3.8) is 0 Å². The van der Waals surface area contributed by atoms with Gasteiger partial charge in [-0.2, -0.15) is 0 Å². The molecule has 18 heavy (non-hydrogen) atoms. The molecule has 0 aliphatic carbocycles. The van der Waals surface area contributed by atoms with Gasteiger partial charge in [0.15, 0.2) is 0 Å². The van der Waals surface area contributed by atoms with Crippen LogP contribution in [0.5, 0.6) is 5.75 Å². The Bertz CT molecular complexity index is 346. The molecule has 0 unspecified atom stereocenters. The number of benzene rings is 1. The van der Waals surface area contributed by atoms with Crippen molar-refractivity contribution in [3.8, 4) is 5.75 Å². The predicted octanol–water partition coefficient (Wildman–Crippen LogP) is 4.01. The van der Waals surface area contributed by atoms with Crippen molar-refractivity contribution in [2.24, 2.45) is 0 Å². The number of hydrogen-bond acceptors (Lipinski definition) is 3. The highest BCUT2D eigenvalue weighted by molar-refractivity contribution is 5.91. The quantitative estimate of drug-likeness (QED) is 0.430. The van der Waals surface area contributed by atoms with Crippen LogP contribution in [-0.4, -0.2) is 19.1 Å². The Morgan fingerprint density at radius 2 is 1.78 bits per heavy atom. The second-order valence-corrected chi connectivity index (χ2v) is 4.20. The van der Waals surface area contributed by atoms with Crippen molar-refractivity contribution in [3.05, 3.63) is 29.8 Å². The van der Waals surface area contributed by atoms with Crippen molar-refractivity contribution in [1.29, 1.82) is 5.41 Å². The Kier molecular flexibility index (Phi) is 6.92. The standard InChI is InChI=1S/C15H23NO2/c1-3-5-6-7-12-18-14-10-8-13(9-11-14)15(16)17-4-2/h8-11,16H,3-7,12H2,1-2H3. The Morgan fingerprint density at radius 3 is 2.39 bits per heavy atom. The van der Waals surface area contributed by atoms with Crippen LogP contribution in [-0.2, 0) is 4.74 Å². The molecule has 0 spiro atoms. The van der Waals surface area contributed by atoms with Crippen LogP contribution in [0, 0.1) is 5.41 Å². The molecule has 0 amide bonds. The van der Waals surface area contributed by atoms with Crippen molar-refractivity contribution < 1.29 is 9.47 Å². The van der Waals surface area contributed by atoms with Crippen molar-refractivity contribution in [2.45, 2.75) is 39.5 Å². The molecule has 3 heteroatoms. The van der Waals surface area contributed by atoms with E-state index in [2.05, 4.69) is 6.92 Å². The number of nitrogens with one attached hydrogen (secondary N) is 1. The molecule has 0 aliphatic rings. The fraction of sp³-hybridized carbons (Fsp3) is 0.533. The van der Waals surface area contributed by atoms with Crippen LogP contribution in [0.3, 0.4) is 0 Å². The number of hydrogen-bond donors (Lipinski definition) is 1. The second kappa shape index (κ2) is 8.56. The van der Waals surface area contributed by atoms with E-state index in [0.29, 0.717) is 6.61 Å². The number of ether oxygens (including phenoxy) is 2. The molecule has 1 aromatic rings. The zero-order valence-electron chi connectivity index (χ0n) is 11.4. The molecule has 0 radical (unpaired) electrons. The average molecular weight is 249 g/mol. The lowest BCUT2D eigenvalue weighted by atomic mass is 10.2.